The molecule has 128 valence electrons. The number of thiazole rings is 1. The molecule has 3 rings (SSSR count). The molecule has 1 aromatic carbocycles. The van der Waals surface area contributed by atoms with E-state index in [0.29, 0.717) is 11.0 Å². The molecule has 0 aliphatic rings. The predicted octanol–water partition coefficient (Wildman–Crippen LogP) is 4.45. The average molecular weight is 371 g/mol. The van der Waals surface area contributed by atoms with Crippen molar-refractivity contribution in [2.24, 2.45) is 0 Å². The van der Waals surface area contributed by atoms with Gasteiger partial charge in [0.15, 0.2) is 5.13 Å². The lowest BCUT2D eigenvalue weighted by Crippen LogP contribution is -2.14. The number of nitrogens with zero attached hydrogens (tertiary/aromatic N) is 3. The van der Waals surface area contributed by atoms with Crippen molar-refractivity contribution < 1.29 is 4.79 Å². The van der Waals surface area contributed by atoms with Gasteiger partial charge in [-0.2, -0.15) is 0 Å². The van der Waals surface area contributed by atoms with Crippen LogP contribution in [0.5, 0.6) is 0 Å². The quantitative estimate of drug-likeness (QED) is 0.649. The van der Waals surface area contributed by atoms with Crippen molar-refractivity contribution in [3.8, 4) is 11.3 Å². The molecule has 0 unspecified atom stereocenters. The van der Waals surface area contributed by atoms with Gasteiger partial charge < -0.3 is 5.32 Å². The second-order valence-corrected chi connectivity index (χ2v) is 7.55. The van der Waals surface area contributed by atoms with Crippen LogP contribution in [0.15, 0.2) is 52.9 Å². The summed E-state index contributed by atoms with van der Waals surface area (Å²) in [5, 5.41) is 14.6. The van der Waals surface area contributed by atoms with Crippen LogP contribution in [-0.2, 0) is 4.79 Å². The van der Waals surface area contributed by atoms with Gasteiger partial charge in [-0.1, -0.05) is 55.9 Å². The zero-order chi connectivity index (χ0) is 17.6. The zero-order valence-electron chi connectivity index (χ0n) is 14.0. The minimum atomic E-state index is -0.0939. The van der Waals surface area contributed by atoms with Gasteiger partial charge in [0.1, 0.15) is 5.03 Å². The fourth-order valence-electron chi connectivity index (χ4n) is 2.06. The lowest BCUT2D eigenvalue weighted by molar-refractivity contribution is -0.113. The summed E-state index contributed by atoms with van der Waals surface area (Å²) in [7, 11) is 0. The highest BCUT2D eigenvalue weighted by Gasteiger charge is 2.10. The van der Waals surface area contributed by atoms with Gasteiger partial charge in [0.2, 0.25) is 5.91 Å². The predicted molar refractivity (Wildman–Crippen MR) is 103 cm³/mol. The first-order chi connectivity index (χ1) is 12.1. The number of benzene rings is 1. The van der Waals surface area contributed by atoms with Crippen LogP contribution in [0.2, 0.25) is 0 Å². The number of rotatable bonds is 6. The molecular formula is C18H18N4OS2. The number of carbonyl (C=O) groups excluding carboxylic acids is 1. The Balaban J connectivity index is 1.53. The number of aromatic nitrogens is 3. The lowest BCUT2D eigenvalue weighted by Gasteiger charge is -2.03. The minimum Gasteiger partial charge on any atom is -0.301 e. The highest BCUT2D eigenvalue weighted by atomic mass is 32.2. The van der Waals surface area contributed by atoms with E-state index in [1.807, 2.05) is 47.8 Å². The van der Waals surface area contributed by atoms with E-state index < -0.39 is 0 Å². The average Bonchev–Trinajstić information content (AvgIpc) is 3.10. The summed E-state index contributed by atoms with van der Waals surface area (Å²) in [4.78, 5) is 16.4. The van der Waals surface area contributed by atoms with E-state index in [2.05, 4.69) is 34.3 Å². The smallest absolute Gasteiger partial charge is 0.236 e. The Labute approximate surface area is 154 Å². The normalized spacial score (nSPS) is 10.8. The molecule has 0 spiro atoms. The molecule has 2 aromatic heterocycles. The van der Waals surface area contributed by atoms with Crippen LogP contribution in [0.1, 0.15) is 25.5 Å². The number of hydrogen-bond acceptors (Lipinski definition) is 6. The molecule has 0 fully saturated rings. The molecule has 0 radical (unpaired) electrons. The molecule has 1 amide bonds. The van der Waals surface area contributed by atoms with Crippen molar-refractivity contribution in [3.63, 3.8) is 0 Å². The Bertz CT molecular complexity index is 832. The Kier molecular flexibility index (Phi) is 5.78. The number of hydrogen-bond donors (Lipinski definition) is 1. The number of nitrogens with one attached hydrogen (secondary N) is 1. The van der Waals surface area contributed by atoms with E-state index in [1.54, 1.807) is 0 Å². The van der Waals surface area contributed by atoms with Crippen molar-refractivity contribution in [1.29, 1.82) is 0 Å². The van der Waals surface area contributed by atoms with Crippen molar-refractivity contribution in [3.05, 3.63) is 53.5 Å². The zero-order valence-corrected chi connectivity index (χ0v) is 15.6. The molecule has 1 N–H and O–H groups in total. The summed E-state index contributed by atoms with van der Waals surface area (Å²) in [6.07, 6.45) is 0. The molecule has 7 heteroatoms. The van der Waals surface area contributed by atoms with E-state index in [1.165, 1.54) is 23.1 Å². The highest BCUT2D eigenvalue weighted by Crippen LogP contribution is 2.23. The first kappa shape index (κ1) is 17.6. The summed E-state index contributed by atoms with van der Waals surface area (Å²) in [5.41, 5.74) is 2.84. The maximum Gasteiger partial charge on any atom is 0.236 e. The standard InChI is InChI=1S/C18H18N4OS2/c1-12(2)15-10-25-18(19-15)20-16(23)11-24-17-9-8-14(21-22-17)13-6-4-3-5-7-13/h3-10,12H,11H2,1-2H3,(H,19,20,23). The highest BCUT2D eigenvalue weighted by molar-refractivity contribution is 7.99. The van der Waals surface area contributed by atoms with Crippen LogP contribution >= 0.6 is 23.1 Å². The van der Waals surface area contributed by atoms with Crippen LogP contribution in [0, 0.1) is 0 Å². The van der Waals surface area contributed by atoms with Gasteiger partial charge in [0.05, 0.1) is 17.1 Å². The van der Waals surface area contributed by atoms with E-state index in [0.717, 1.165) is 22.0 Å². The van der Waals surface area contributed by atoms with E-state index in [9.17, 15) is 4.79 Å². The molecular weight excluding hydrogens is 352 g/mol. The molecule has 0 aliphatic carbocycles. The molecule has 0 atom stereocenters. The number of carbonyl (C=O) groups is 1. The van der Waals surface area contributed by atoms with Gasteiger partial charge in [-0.25, -0.2) is 4.98 Å². The van der Waals surface area contributed by atoms with Gasteiger partial charge >= 0.3 is 0 Å². The monoisotopic (exact) mass is 370 g/mol. The fourth-order valence-corrected chi connectivity index (χ4v) is 3.57. The molecule has 2 heterocycles. The third-order valence-electron chi connectivity index (χ3n) is 3.42. The van der Waals surface area contributed by atoms with Crippen LogP contribution in [0.25, 0.3) is 11.3 Å². The Morgan fingerprint density at radius 1 is 1.16 bits per heavy atom. The Hall–Kier alpha value is -2.25. The first-order valence-electron chi connectivity index (χ1n) is 7.89. The molecule has 0 aliphatic heterocycles. The van der Waals surface area contributed by atoms with Crippen molar-refractivity contribution in [2.45, 2.75) is 24.8 Å². The SMILES string of the molecule is CC(C)c1csc(NC(=O)CSc2ccc(-c3ccccc3)nn2)n1. The van der Waals surface area contributed by atoms with Crippen LogP contribution in [0.3, 0.4) is 0 Å². The second-order valence-electron chi connectivity index (χ2n) is 5.69. The molecule has 5 nitrogen and oxygen atoms in total. The molecule has 3 aromatic rings. The van der Waals surface area contributed by atoms with Crippen LogP contribution in [0.4, 0.5) is 5.13 Å². The van der Waals surface area contributed by atoms with Crippen molar-refractivity contribution in [1.82, 2.24) is 15.2 Å². The summed E-state index contributed by atoms with van der Waals surface area (Å²) in [6, 6.07) is 13.7. The van der Waals surface area contributed by atoms with Gasteiger partial charge in [0.25, 0.3) is 0 Å². The maximum atomic E-state index is 12.0. The largest absolute Gasteiger partial charge is 0.301 e. The van der Waals surface area contributed by atoms with Gasteiger partial charge in [0, 0.05) is 10.9 Å². The van der Waals surface area contributed by atoms with Crippen molar-refractivity contribution in [2.75, 3.05) is 11.1 Å². The summed E-state index contributed by atoms with van der Waals surface area (Å²) in [5.74, 6) is 0.536. The van der Waals surface area contributed by atoms with Gasteiger partial charge in [-0.05, 0) is 18.1 Å². The van der Waals surface area contributed by atoms with E-state index >= 15 is 0 Å². The Morgan fingerprint density at radius 3 is 2.60 bits per heavy atom. The molecule has 0 saturated carbocycles. The first-order valence-corrected chi connectivity index (χ1v) is 9.75. The maximum absolute atomic E-state index is 12.0. The fraction of sp³-hybridized carbons (Fsp3) is 0.222. The summed E-state index contributed by atoms with van der Waals surface area (Å²) >= 11 is 2.80. The number of anilines is 1. The molecule has 0 bridgehead atoms. The minimum absolute atomic E-state index is 0.0939. The summed E-state index contributed by atoms with van der Waals surface area (Å²) < 4.78 is 0. The molecule has 25 heavy (non-hydrogen) atoms. The van der Waals surface area contributed by atoms with E-state index in [-0.39, 0.29) is 11.7 Å². The van der Waals surface area contributed by atoms with Crippen LogP contribution < -0.4 is 5.32 Å². The molecule has 0 saturated heterocycles. The van der Waals surface area contributed by atoms with Crippen molar-refractivity contribution >= 4 is 34.1 Å². The second kappa shape index (κ2) is 8.22. The third kappa shape index (κ3) is 4.87. The van der Waals surface area contributed by atoms with Gasteiger partial charge in [-0.3, -0.25) is 4.79 Å². The lowest BCUT2D eigenvalue weighted by atomic mass is 10.1. The topological polar surface area (TPSA) is 67.8 Å². The number of amides is 1. The van der Waals surface area contributed by atoms with Crippen LogP contribution in [-0.4, -0.2) is 26.8 Å². The van der Waals surface area contributed by atoms with Gasteiger partial charge in [-0.15, -0.1) is 21.5 Å². The van der Waals surface area contributed by atoms with E-state index in [4.69, 9.17) is 0 Å². The Morgan fingerprint density at radius 2 is 1.96 bits per heavy atom. The third-order valence-corrected chi connectivity index (χ3v) is 5.12. The number of thioether (sulfide) groups is 1. The summed E-state index contributed by atoms with van der Waals surface area (Å²) in [6.45, 7) is 4.16.